The van der Waals surface area contributed by atoms with Crippen molar-refractivity contribution in [2.75, 3.05) is 13.1 Å². The third kappa shape index (κ3) is 4.17. The molecule has 4 nitrogen and oxygen atoms in total. The van der Waals surface area contributed by atoms with E-state index in [1.165, 1.54) is 6.92 Å². The van der Waals surface area contributed by atoms with Crippen molar-refractivity contribution in [2.45, 2.75) is 26.4 Å². The van der Waals surface area contributed by atoms with Crippen LogP contribution in [0.4, 0.5) is 8.78 Å². The molecule has 0 heterocycles. The molecule has 1 aromatic carbocycles. The average molecular weight is 272 g/mol. The van der Waals surface area contributed by atoms with Crippen LogP contribution in [0.1, 0.15) is 19.4 Å². The second-order valence-corrected chi connectivity index (χ2v) is 4.08. The standard InChI is InChI=1S/C13H18F2N2O2/c1-3-17-13(18)8(2)19-12-10(14)6-9(4-5-16)7-11(12)15/h6-8H,3-5,16H2,1-2H3,(H,17,18). The largest absolute Gasteiger partial charge is 0.475 e. The van der Waals surface area contributed by atoms with Crippen LogP contribution in [0.2, 0.25) is 0 Å². The van der Waals surface area contributed by atoms with Gasteiger partial charge in [-0.25, -0.2) is 8.78 Å². The number of hydrogen-bond acceptors (Lipinski definition) is 3. The molecular formula is C13H18F2N2O2. The van der Waals surface area contributed by atoms with Crippen LogP contribution in [-0.4, -0.2) is 25.1 Å². The molecule has 0 aromatic heterocycles. The van der Waals surface area contributed by atoms with Crippen molar-refractivity contribution in [2.24, 2.45) is 5.73 Å². The summed E-state index contributed by atoms with van der Waals surface area (Å²) in [7, 11) is 0. The lowest BCUT2D eigenvalue weighted by Crippen LogP contribution is -2.36. The van der Waals surface area contributed by atoms with Crippen molar-refractivity contribution in [1.29, 1.82) is 0 Å². The predicted octanol–water partition coefficient (Wildman–Crippen LogP) is 1.37. The molecular weight excluding hydrogens is 254 g/mol. The summed E-state index contributed by atoms with van der Waals surface area (Å²) in [5.41, 5.74) is 5.78. The van der Waals surface area contributed by atoms with E-state index in [-0.39, 0.29) is 0 Å². The van der Waals surface area contributed by atoms with Gasteiger partial charge in [0, 0.05) is 6.54 Å². The molecule has 0 radical (unpaired) electrons. The molecule has 0 aliphatic heterocycles. The quantitative estimate of drug-likeness (QED) is 0.822. The number of hydrogen-bond donors (Lipinski definition) is 2. The molecule has 0 aliphatic carbocycles. The van der Waals surface area contributed by atoms with Crippen LogP contribution in [0.25, 0.3) is 0 Å². The van der Waals surface area contributed by atoms with E-state index in [0.717, 1.165) is 12.1 Å². The van der Waals surface area contributed by atoms with E-state index in [1.54, 1.807) is 6.92 Å². The molecule has 1 rings (SSSR count). The third-order valence-electron chi connectivity index (χ3n) is 2.51. The Morgan fingerprint density at radius 3 is 2.47 bits per heavy atom. The van der Waals surface area contributed by atoms with Crippen LogP contribution in [0.3, 0.4) is 0 Å². The number of carbonyl (C=O) groups is 1. The number of rotatable bonds is 6. The number of likely N-dealkylation sites (N-methyl/N-ethyl adjacent to an activating group) is 1. The highest BCUT2D eigenvalue weighted by molar-refractivity contribution is 5.80. The predicted molar refractivity (Wildman–Crippen MR) is 67.9 cm³/mol. The van der Waals surface area contributed by atoms with Crippen LogP contribution in [0.15, 0.2) is 12.1 Å². The highest BCUT2D eigenvalue weighted by Crippen LogP contribution is 2.24. The summed E-state index contributed by atoms with van der Waals surface area (Å²) >= 11 is 0. The van der Waals surface area contributed by atoms with Gasteiger partial charge in [0.25, 0.3) is 5.91 Å². The summed E-state index contributed by atoms with van der Waals surface area (Å²) < 4.78 is 32.4. The van der Waals surface area contributed by atoms with Gasteiger partial charge in [0.2, 0.25) is 0 Å². The Morgan fingerprint density at radius 1 is 1.42 bits per heavy atom. The van der Waals surface area contributed by atoms with Crippen LogP contribution < -0.4 is 15.8 Å². The van der Waals surface area contributed by atoms with Gasteiger partial charge < -0.3 is 15.8 Å². The van der Waals surface area contributed by atoms with E-state index in [2.05, 4.69) is 5.32 Å². The van der Waals surface area contributed by atoms with Crippen molar-refractivity contribution in [3.05, 3.63) is 29.3 Å². The smallest absolute Gasteiger partial charge is 0.260 e. The molecule has 0 aliphatic rings. The number of nitrogens with two attached hydrogens (primary N) is 1. The fourth-order valence-corrected chi connectivity index (χ4v) is 1.58. The van der Waals surface area contributed by atoms with E-state index in [1.807, 2.05) is 0 Å². The van der Waals surface area contributed by atoms with Gasteiger partial charge in [0.1, 0.15) is 0 Å². The van der Waals surface area contributed by atoms with Gasteiger partial charge in [-0.05, 0) is 44.5 Å². The minimum atomic E-state index is -0.968. The summed E-state index contributed by atoms with van der Waals surface area (Å²) in [5, 5.41) is 2.51. The van der Waals surface area contributed by atoms with Crippen molar-refractivity contribution >= 4 is 5.91 Å². The average Bonchev–Trinajstić information content (AvgIpc) is 2.34. The number of carbonyl (C=O) groups excluding carboxylic acids is 1. The molecule has 106 valence electrons. The van der Waals surface area contributed by atoms with Gasteiger partial charge in [-0.15, -0.1) is 0 Å². The third-order valence-corrected chi connectivity index (χ3v) is 2.51. The number of halogens is 2. The van der Waals surface area contributed by atoms with E-state index in [0.29, 0.717) is 25.1 Å². The molecule has 0 saturated heterocycles. The fourth-order valence-electron chi connectivity index (χ4n) is 1.58. The first-order chi connectivity index (χ1) is 8.99. The summed E-state index contributed by atoms with van der Waals surface area (Å²) in [6.45, 7) is 3.90. The van der Waals surface area contributed by atoms with Crippen molar-refractivity contribution in [1.82, 2.24) is 5.32 Å². The zero-order chi connectivity index (χ0) is 14.4. The Kier molecular flexibility index (Phi) is 5.69. The fraction of sp³-hybridized carbons (Fsp3) is 0.462. The molecule has 1 amide bonds. The van der Waals surface area contributed by atoms with Gasteiger partial charge in [-0.2, -0.15) is 0 Å². The zero-order valence-electron chi connectivity index (χ0n) is 11.0. The van der Waals surface area contributed by atoms with Crippen LogP contribution in [0.5, 0.6) is 5.75 Å². The monoisotopic (exact) mass is 272 g/mol. The summed E-state index contributed by atoms with van der Waals surface area (Å²) in [4.78, 5) is 11.4. The van der Waals surface area contributed by atoms with Crippen LogP contribution in [0, 0.1) is 11.6 Å². The number of nitrogens with one attached hydrogen (secondary N) is 1. The minimum Gasteiger partial charge on any atom is -0.475 e. The van der Waals surface area contributed by atoms with E-state index in [4.69, 9.17) is 10.5 Å². The van der Waals surface area contributed by atoms with E-state index >= 15 is 0 Å². The van der Waals surface area contributed by atoms with Gasteiger partial charge >= 0.3 is 0 Å². The normalized spacial score (nSPS) is 12.1. The lowest BCUT2D eigenvalue weighted by atomic mass is 10.1. The Hall–Kier alpha value is -1.69. The first kappa shape index (κ1) is 15.4. The molecule has 1 aromatic rings. The molecule has 6 heteroatoms. The lowest BCUT2D eigenvalue weighted by molar-refractivity contribution is -0.127. The SMILES string of the molecule is CCNC(=O)C(C)Oc1c(F)cc(CCN)cc1F. The second-order valence-electron chi connectivity index (χ2n) is 4.08. The maximum Gasteiger partial charge on any atom is 0.260 e. The summed E-state index contributed by atoms with van der Waals surface area (Å²) in [5.74, 6) is -2.63. The van der Waals surface area contributed by atoms with E-state index < -0.39 is 29.4 Å². The zero-order valence-corrected chi connectivity index (χ0v) is 11.0. The first-order valence-electron chi connectivity index (χ1n) is 6.12. The maximum absolute atomic E-state index is 13.7. The van der Waals surface area contributed by atoms with E-state index in [9.17, 15) is 13.6 Å². The first-order valence-corrected chi connectivity index (χ1v) is 6.12. The van der Waals surface area contributed by atoms with Crippen LogP contribution in [-0.2, 0) is 11.2 Å². The molecule has 1 atom stereocenters. The Bertz CT molecular complexity index is 429. The van der Waals surface area contributed by atoms with Gasteiger partial charge in [-0.1, -0.05) is 0 Å². The second kappa shape index (κ2) is 7.04. The Morgan fingerprint density at radius 2 is 2.00 bits per heavy atom. The minimum absolute atomic E-state index is 0.300. The highest BCUT2D eigenvalue weighted by Gasteiger charge is 2.19. The number of ether oxygens (including phenoxy) is 1. The van der Waals surface area contributed by atoms with Crippen LogP contribution >= 0.6 is 0 Å². The van der Waals surface area contributed by atoms with Crippen molar-refractivity contribution < 1.29 is 18.3 Å². The van der Waals surface area contributed by atoms with Gasteiger partial charge in [0.15, 0.2) is 23.5 Å². The molecule has 0 bridgehead atoms. The van der Waals surface area contributed by atoms with Crippen molar-refractivity contribution in [3.8, 4) is 5.75 Å². The summed E-state index contributed by atoms with van der Waals surface area (Å²) in [6, 6.07) is 2.32. The highest BCUT2D eigenvalue weighted by atomic mass is 19.1. The van der Waals surface area contributed by atoms with Gasteiger partial charge in [0.05, 0.1) is 0 Å². The number of benzene rings is 1. The molecule has 1 unspecified atom stereocenters. The molecule has 0 fully saturated rings. The van der Waals surface area contributed by atoms with Crippen molar-refractivity contribution in [3.63, 3.8) is 0 Å². The molecule has 3 N–H and O–H groups in total. The maximum atomic E-state index is 13.7. The topological polar surface area (TPSA) is 64.3 Å². The summed E-state index contributed by atoms with van der Waals surface area (Å²) in [6.07, 6.45) is -0.593. The lowest BCUT2D eigenvalue weighted by Gasteiger charge is -2.15. The molecule has 0 saturated carbocycles. The molecule has 0 spiro atoms. The Balaban J connectivity index is 2.86. The van der Waals surface area contributed by atoms with Gasteiger partial charge in [-0.3, -0.25) is 4.79 Å². The molecule has 19 heavy (non-hydrogen) atoms. The Labute approximate surface area is 110 Å². The number of amides is 1.